The van der Waals surface area contributed by atoms with Crippen molar-refractivity contribution >= 4 is 34.9 Å². The summed E-state index contributed by atoms with van der Waals surface area (Å²) in [5, 5.41) is 0. The van der Waals surface area contributed by atoms with Gasteiger partial charge >= 0.3 is 0 Å². The van der Waals surface area contributed by atoms with Crippen molar-refractivity contribution < 1.29 is 4.79 Å². The second kappa shape index (κ2) is 7.41. The van der Waals surface area contributed by atoms with E-state index in [2.05, 4.69) is 42.7 Å². The number of guanidine groups is 2. The maximum Gasteiger partial charge on any atom is 0.235 e. The van der Waals surface area contributed by atoms with E-state index in [0.29, 0.717) is 30.4 Å². The SMILES string of the molecule is CC1=CC(C)=NC2=N[C@]3(CN12)[C@H](C)C[C@@H]1CC(=O)c2c(nc4nc(C)cc(C)n24)[C@]12N=C1N=C(C)C=C(C)N1[C@H]32. The molecule has 0 saturated heterocycles. The highest BCUT2D eigenvalue weighted by molar-refractivity contribution is 6.08. The molecule has 2 aromatic rings. The number of carbonyl (C=O) groups excluding carboxylic acids is 1. The van der Waals surface area contributed by atoms with Gasteiger partial charge in [0, 0.05) is 40.6 Å². The third kappa shape index (κ3) is 2.71. The van der Waals surface area contributed by atoms with Crippen molar-refractivity contribution in [3.8, 4) is 0 Å². The summed E-state index contributed by atoms with van der Waals surface area (Å²) >= 11 is 0. The highest BCUT2D eigenvalue weighted by Crippen LogP contribution is 2.62. The Hall–Kier alpha value is -3.95. The van der Waals surface area contributed by atoms with E-state index < -0.39 is 11.1 Å². The van der Waals surface area contributed by atoms with Crippen molar-refractivity contribution in [3.63, 3.8) is 0 Å². The predicted molar refractivity (Wildman–Crippen MR) is 154 cm³/mol. The molecule has 10 nitrogen and oxygen atoms in total. The molecule has 4 aliphatic heterocycles. The summed E-state index contributed by atoms with van der Waals surface area (Å²) in [7, 11) is 0. The Morgan fingerprint density at radius 2 is 1.65 bits per heavy atom. The molecule has 40 heavy (non-hydrogen) atoms. The quantitative estimate of drug-likeness (QED) is 0.508. The molecule has 5 atom stereocenters. The van der Waals surface area contributed by atoms with Crippen LogP contribution in [0.3, 0.4) is 0 Å². The fourth-order valence-electron chi connectivity index (χ4n) is 8.40. The molecule has 0 N–H and O–H groups in total. The molecular weight excluding hydrogens is 502 g/mol. The van der Waals surface area contributed by atoms with Crippen LogP contribution in [0, 0.1) is 25.7 Å². The van der Waals surface area contributed by atoms with Crippen LogP contribution < -0.4 is 0 Å². The fourth-order valence-corrected chi connectivity index (χ4v) is 8.40. The van der Waals surface area contributed by atoms with Crippen LogP contribution in [-0.2, 0) is 5.54 Å². The summed E-state index contributed by atoms with van der Waals surface area (Å²) in [4.78, 5) is 49.3. The van der Waals surface area contributed by atoms with Gasteiger partial charge in [-0.25, -0.2) is 29.9 Å². The molecule has 1 saturated carbocycles. The van der Waals surface area contributed by atoms with Gasteiger partial charge in [0.05, 0.1) is 12.6 Å². The van der Waals surface area contributed by atoms with Crippen LogP contribution in [0.15, 0.2) is 49.6 Å². The van der Waals surface area contributed by atoms with Crippen molar-refractivity contribution in [1.82, 2.24) is 24.2 Å². The number of nitrogens with zero attached hydrogens (tertiary/aromatic N) is 9. The Morgan fingerprint density at radius 3 is 2.42 bits per heavy atom. The first-order chi connectivity index (χ1) is 19.0. The average Bonchev–Trinajstić information content (AvgIpc) is 3.53. The first-order valence-electron chi connectivity index (χ1n) is 14.2. The van der Waals surface area contributed by atoms with Gasteiger partial charge in [-0.1, -0.05) is 6.92 Å². The molecular formula is C30H33N9O. The maximum absolute atomic E-state index is 13.9. The van der Waals surface area contributed by atoms with Crippen molar-refractivity contribution in [3.05, 3.63) is 52.4 Å². The molecule has 0 aromatic carbocycles. The number of hydrogen-bond acceptors (Lipinski definition) is 9. The van der Waals surface area contributed by atoms with E-state index in [1.54, 1.807) is 0 Å². The number of carbonyl (C=O) groups is 1. The molecule has 6 aliphatic rings. The zero-order valence-corrected chi connectivity index (χ0v) is 24.0. The van der Waals surface area contributed by atoms with E-state index in [4.69, 9.17) is 29.9 Å². The zero-order chi connectivity index (χ0) is 27.9. The lowest BCUT2D eigenvalue weighted by Crippen LogP contribution is -2.69. The fraction of sp³-hybridized carbons (Fsp3) is 0.500. The van der Waals surface area contributed by atoms with E-state index in [-0.39, 0.29) is 23.7 Å². The normalized spacial score (nSPS) is 33.9. The van der Waals surface area contributed by atoms with Crippen LogP contribution in [0.5, 0.6) is 0 Å². The van der Waals surface area contributed by atoms with Crippen LogP contribution in [-0.4, -0.2) is 71.4 Å². The van der Waals surface area contributed by atoms with Crippen molar-refractivity contribution in [2.75, 3.05) is 6.54 Å². The Balaban J connectivity index is 1.45. The van der Waals surface area contributed by atoms with Gasteiger partial charge in [-0.3, -0.25) is 9.20 Å². The van der Waals surface area contributed by atoms with E-state index in [1.165, 1.54) is 0 Å². The Kier molecular flexibility index (Phi) is 4.43. The van der Waals surface area contributed by atoms with E-state index in [9.17, 15) is 4.79 Å². The first kappa shape index (κ1) is 23.9. The van der Waals surface area contributed by atoms with Gasteiger partial charge in [0.1, 0.15) is 22.5 Å². The zero-order valence-electron chi connectivity index (χ0n) is 24.0. The molecule has 0 bridgehead atoms. The molecule has 0 radical (unpaired) electrons. The Bertz CT molecular complexity index is 1770. The number of ketones is 1. The van der Waals surface area contributed by atoms with Crippen LogP contribution in [0.1, 0.15) is 75.0 Å². The number of aliphatic imine (C=N–C) groups is 4. The van der Waals surface area contributed by atoms with Crippen molar-refractivity contribution in [2.24, 2.45) is 31.8 Å². The summed E-state index contributed by atoms with van der Waals surface area (Å²) in [5.41, 5.74) is 5.95. The molecule has 1 fully saturated rings. The van der Waals surface area contributed by atoms with Crippen LogP contribution in [0.2, 0.25) is 0 Å². The minimum absolute atomic E-state index is 0.0226. The number of aryl methyl sites for hydroxylation is 2. The summed E-state index contributed by atoms with van der Waals surface area (Å²) in [6.07, 6.45) is 5.47. The maximum atomic E-state index is 13.9. The highest BCUT2D eigenvalue weighted by Gasteiger charge is 2.72. The minimum atomic E-state index is -0.794. The van der Waals surface area contributed by atoms with E-state index >= 15 is 0 Å². The minimum Gasteiger partial charge on any atom is -0.312 e. The lowest BCUT2D eigenvalue weighted by atomic mass is 9.54. The van der Waals surface area contributed by atoms with Gasteiger partial charge in [-0.15, -0.1) is 0 Å². The molecule has 2 spiro atoms. The van der Waals surface area contributed by atoms with Crippen molar-refractivity contribution in [1.29, 1.82) is 0 Å². The molecule has 8 rings (SSSR count). The highest BCUT2D eigenvalue weighted by atomic mass is 16.1. The summed E-state index contributed by atoms with van der Waals surface area (Å²) in [6.45, 7) is 15.3. The van der Waals surface area contributed by atoms with Gasteiger partial charge in [0.15, 0.2) is 5.78 Å². The molecule has 0 unspecified atom stereocenters. The summed E-state index contributed by atoms with van der Waals surface area (Å²) < 4.78 is 1.94. The van der Waals surface area contributed by atoms with Gasteiger partial charge in [-0.05, 0) is 78.0 Å². The molecule has 204 valence electrons. The first-order valence-corrected chi connectivity index (χ1v) is 14.2. The third-order valence-electron chi connectivity index (χ3n) is 9.90. The number of aromatic nitrogens is 3. The average molecular weight is 536 g/mol. The smallest absolute Gasteiger partial charge is 0.235 e. The van der Waals surface area contributed by atoms with Crippen LogP contribution in [0.4, 0.5) is 0 Å². The third-order valence-corrected chi connectivity index (χ3v) is 9.90. The molecule has 0 amide bonds. The molecule has 2 aliphatic carbocycles. The number of Topliss-reactive ketones (excluding diaryl/α,β-unsaturated/α-hetero) is 1. The largest absolute Gasteiger partial charge is 0.312 e. The van der Waals surface area contributed by atoms with Gasteiger partial charge in [-0.2, -0.15) is 0 Å². The molecule has 10 heteroatoms. The monoisotopic (exact) mass is 535 g/mol. The second-order valence-corrected chi connectivity index (χ2v) is 12.5. The Labute approximate surface area is 233 Å². The molecule has 2 aromatic heterocycles. The van der Waals surface area contributed by atoms with E-state index in [0.717, 1.165) is 52.3 Å². The number of rotatable bonds is 0. The van der Waals surface area contributed by atoms with Crippen molar-refractivity contribution in [2.45, 2.75) is 78.4 Å². The Morgan fingerprint density at radius 1 is 0.925 bits per heavy atom. The topological polar surface area (TPSA) is 103 Å². The second-order valence-electron chi connectivity index (χ2n) is 12.5. The summed E-state index contributed by atoms with van der Waals surface area (Å²) in [6, 6.07) is 1.80. The summed E-state index contributed by atoms with van der Waals surface area (Å²) in [5.74, 6) is 2.28. The van der Waals surface area contributed by atoms with Gasteiger partial charge in [0.25, 0.3) is 0 Å². The lowest BCUT2D eigenvalue weighted by Gasteiger charge is -2.56. The number of fused-ring (bicyclic) bond motifs is 7. The number of imidazole rings is 1. The van der Waals surface area contributed by atoms with Crippen LogP contribution >= 0.6 is 0 Å². The number of allylic oxidation sites excluding steroid dienone is 4. The van der Waals surface area contributed by atoms with Crippen LogP contribution in [0.25, 0.3) is 5.78 Å². The van der Waals surface area contributed by atoms with Gasteiger partial charge in [0.2, 0.25) is 17.7 Å². The van der Waals surface area contributed by atoms with E-state index in [1.807, 2.05) is 38.2 Å². The lowest BCUT2D eigenvalue weighted by molar-refractivity contribution is -0.000361. The predicted octanol–water partition coefficient (Wildman–Crippen LogP) is 3.99. The standard InChI is InChI=1S/C30H33N9O/c1-14-8-21-12-22(40)23-24(34-26-31-16(3)10-19(6)38(23)26)30(21)25(39-20(7)11-17(4)33-28(39)36-30)29(14)13-37-18(5)9-15(2)32-27(37)35-29/h9-11,14,21,25H,8,12-13H2,1-7H3/t14-,21-,25-,29-,30-/m1/s1. The van der Waals surface area contributed by atoms with Gasteiger partial charge < -0.3 is 9.80 Å². The number of hydrogen-bond donors (Lipinski definition) is 0. The molecule has 6 heterocycles.